The van der Waals surface area contributed by atoms with Crippen molar-refractivity contribution < 1.29 is 17.9 Å². The van der Waals surface area contributed by atoms with Gasteiger partial charge in [0.05, 0.1) is 36.5 Å². The summed E-state index contributed by atoms with van der Waals surface area (Å²) >= 11 is 5.93. The van der Waals surface area contributed by atoms with Crippen LogP contribution in [0.4, 0.5) is 5.69 Å². The molecular formula is C13H15ClN2O4S. The molecule has 0 spiro atoms. The monoisotopic (exact) mass is 330 g/mol. The van der Waals surface area contributed by atoms with Crippen molar-refractivity contribution in [2.24, 2.45) is 5.73 Å². The van der Waals surface area contributed by atoms with Gasteiger partial charge >= 0.3 is 5.97 Å². The second-order valence-corrected chi connectivity index (χ2v) is 6.20. The van der Waals surface area contributed by atoms with Crippen LogP contribution in [0.2, 0.25) is 5.02 Å². The van der Waals surface area contributed by atoms with Gasteiger partial charge in [-0.25, -0.2) is 8.42 Å². The van der Waals surface area contributed by atoms with Crippen LogP contribution in [0.25, 0.3) is 0 Å². The SMILES string of the molecule is COC(=O)CCS(=O)(=O)Nc1cc(C#CCN)ccc1Cl. The van der Waals surface area contributed by atoms with Gasteiger partial charge in [0.15, 0.2) is 0 Å². The summed E-state index contributed by atoms with van der Waals surface area (Å²) in [6.45, 7) is 0.197. The lowest BCUT2D eigenvalue weighted by Crippen LogP contribution is -2.19. The molecule has 0 aliphatic carbocycles. The van der Waals surface area contributed by atoms with E-state index in [1.807, 2.05) is 0 Å². The predicted molar refractivity (Wildman–Crippen MR) is 81.4 cm³/mol. The molecule has 8 heteroatoms. The molecular weight excluding hydrogens is 316 g/mol. The summed E-state index contributed by atoms with van der Waals surface area (Å²) in [6, 6.07) is 4.68. The van der Waals surface area contributed by atoms with Crippen molar-refractivity contribution in [3.8, 4) is 11.8 Å². The topological polar surface area (TPSA) is 98.5 Å². The molecule has 1 rings (SSSR count). The number of nitrogens with one attached hydrogen (secondary N) is 1. The Bertz CT molecular complexity index is 677. The van der Waals surface area contributed by atoms with E-state index in [4.69, 9.17) is 17.3 Å². The van der Waals surface area contributed by atoms with Gasteiger partial charge in [-0.2, -0.15) is 0 Å². The van der Waals surface area contributed by atoms with Crippen molar-refractivity contribution in [1.29, 1.82) is 0 Å². The molecule has 0 bridgehead atoms. The quantitative estimate of drug-likeness (QED) is 0.619. The zero-order valence-electron chi connectivity index (χ0n) is 11.3. The number of benzene rings is 1. The second kappa shape index (κ2) is 7.88. The molecule has 114 valence electrons. The molecule has 0 aliphatic heterocycles. The van der Waals surface area contributed by atoms with Crippen LogP contribution < -0.4 is 10.5 Å². The molecule has 0 amide bonds. The van der Waals surface area contributed by atoms with E-state index in [0.717, 1.165) is 0 Å². The molecule has 0 heterocycles. The Balaban J connectivity index is 2.88. The third-order valence-electron chi connectivity index (χ3n) is 2.37. The molecule has 0 unspecified atom stereocenters. The Hall–Kier alpha value is -1.75. The first-order valence-electron chi connectivity index (χ1n) is 5.94. The molecule has 3 N–H and O–H groups in total. The molecule has 0 aromatic heterocycles. The number of halogens is 1. The lowest BCUT2D eigenvalue weighted by molar-refractivity contribution is -0.140. The average Bonchev–Trinajstić information content (AvgIpc) is 2.45. The molecule has 1 aromatic rings. The van der Waals surface area contributed by atoms with Crippen LogP contribution in [0.1, 0.15) is 12.0 Å². The van der Waals surface area contributed by atoms with E-state index in [2.05, 4.69) is 21.3 Å². The summed E-state index contributed by atoms with van der Waals surface area (Å²) in [4.78, 5) is 11.0. The van der Waals surface area contributed by atoms with Crippen LogP contribution in [0.15, 0.2) is 18.2 Å². The Labute approximate surface area is 128 Å². The van der Waals surface area contributed by atoms with Gasteiger partial charge in [-0.1, -0.05) is 23.4 Å². The van der Waals surface area contributed by atoms with Gasteiger partial charge < -0.3 is 10.5 Å². The van der Waals surface area contributed by atoms with Crippen LogP contribution in [0.3, 0.4) is 0 Å². The predicted octanol–water partition coefficient (Wildman–Crippen LogP) is 0.955. The lowest BCUT2D eigenvalue weighted by atomic mass is 10.2. The Morgan fingerprint density at radius 2 is 2.19 bits per heavy atom. The highest BCUT2D eigenvalue weighted by Gasteiger charge is 2.15. The van der Waals surface area contributed by atoms with Crippen LogP contribution in [0.5, 0.6) is 0 Å². The van der Waals surface area contributed by atoms with Gasteiger partial charge in [0.2, 0.25) is 10.0 Å². The fraction of sp³-hybridized carbons (Fsp3) is 0.308. The van der Waals surface area contributed by atoms with Crippen LogP contribution in [0, 0.1) is 11.8 Å². The van der Waals surface area contributed by atoms with E-state index in [9.17, 15) is 13.2 Å². The van der Waals surface area contributed by atoms with E-state index in [0.29, 0.717) is 5.56 Å². The molecule has 0 fully saturated rings. The van der Waals surface area contributed by atoms with Crippen molar-refractivity contribution in [2.75, 3.05) is 24.1 Å². The minimum absolute atomic E-state index is 0.197. The molecule has 1 aromatic carbocycles. The Morgan fingerprint density at radius 3 is 2.81 bits per heavy atom. The molecule has 0 radical (unpaired) electrons. The molecule has 0 aliphatic rings. The average molecular weight is 331 g/mol. The number of nitrogens with two attached hydrogens (primary N) is 1. The smallest absolute Gasteiger partial charge is 0.306 e. The number of anilines is 1. The van der Waals surface area contributed by atoms with E-state index < -0.39 is 21.7 Å². The standard InChI is InChI=1S/C13H15ClN2O4S/c1-20-13(17)6-8-21(18,19)16-12-9-10(3-2-7-15)4-5-11(12)14/h4-5,9,16H,6-8,15H2,1H3. The van der Waals surface area contributed by atoms with Gasteiger partial charge in [-0.3, -0.25) is 9.52 Å². The van der Waals surface area contributed by atoms with Crippen molar-refractivity contribution in [3.63, 3.8) is 0 Å². The van der Waals surface area contributed by atoms with Crippen LogP contribution >= 0.6 is 11.6 Å². The lowest BCUT2D eigenvalue weighted by Gasteiger charge is -2.09. The highest BCUT2D eigenvalue weighted by atomic mass is 35.5. The number of ether oxygens (including phenoxy) is 1. The molecule has 21 heavy (non-hydrogen) atoms. The maximum atomic E-state index is 11.9. The van der Waals surface area contributed by atoms with Crippen molar-refractivity contribution in [1.82, 2.24) is 0 Å². The normalized spacial score (nSPS) is 10.4. The minimum Gasteiger partial charge on any atom is -0.469 e. The first-order chi connectivity index (χ1) is 9.88. The molecule has 0 atom stereocenters. The summed E-state index contributed by atoms with van der Waals surface area (Å²) in [5, 5.41) is 0.231. The number of hydrogen-bond acceptors (Lipinski definition) is 5. The van der Waals surface area contributed by atoms with Crippen LogP contribution in [-0.4, -0.2) is 33.8 Å². The number of rotatable bonds is 5. The van der Waals surface area contributed by atoms with Gasteiger partial charge in [-0.15, -0.1) is 0 Å². The van der Waals surface area contributed by atoms with Gasteiger partial charge in [0, 0.05) is 5.56 Å². The summed E-state index contributed by atoms with van der Waals surface area (Å²) < 4.78 is 30.4. The first-order valence-corrected chi connectivity index (χ1v) is 7.97. The van der Waals surface area contributed by atoms with E-state index in [1.54, 1.807) is 6.07 Å². The Kier molecular flexibility index (Phi) is 6.49. The Morgan fingerprint density at radius 1 is 1.48 bits per heavy atom. The van der Waals surface area contributed by atoms with Crippen LogP contribution in [-0.2, 0) is 19.6 Å². The van der Waals surface area contributed by atoms with E-state index in [1.165, 1.54) is 19.2 Å². The zero-order chi connectivity index (χ0) is 15.9. The van der Waals surface area contributed by atoms with Crippen molar-refractivity contribution in [3.05, 3.63) is 28.8 Å². The summed E-state index contributed by atoms with van der Waals surface area (Å²) in [5.74, 6) is 4.44. The van der Waals surface area contributed by atoms with E-state index >= 15 is 0 Å². The maximum Gasteiger partial charge on any atom is 0.306 e. The maximum absolute atomic E-state index is 11.9. The first kappa shape index (κ1) is 17.3. The van der Waals surface area contributed by atoms with Gasteiger partial charge in [0.25, 0.3) is 0 Å². The largest absolute Gasteiger partial charge is 0.469 e. The molecule has 0 saturated heterocycles. The highest BCUT2D eigenvalue weighted by molar-refractivity contribution is 7.92. The second-order valence-electron chi connectivity index (χ2n) is 3.95. The third-order valence-corrected chi connectivity index (χ3v) is 3.97. The fourth-order valence-corrected chi connectivity index (χ4v) is 2.63. The molecule has 6 nitrogen and oxygen atoms in total. The summed E-state index contributed by atoms with van der Waals surface area (Å²) in [6.07, 6.45) is -0.240. The van der Waals surface area contributed by atoms with E-state index in [-0.39, 0.29) is 23.7 Å². The number of carbonyl (C=O) groups is 1. The number of hydrogen-bond donors (Lipinski definition) is 2. The number of methoxy groups -OCH3 is 1. The summed E-state index contributed by atoms with van der Waals surface area (Å²) in [7, 11) is -2.51. The van der Waals surface area contributed by atoms with Gasteiger partial charge in [0.1, 0.15) is 0 Å². The van der Waals surface area contributed by atoms with Crippen molar-refractivity contribution in [2.45, 2.75) is 6.42 Å². The van der Waals surface area contributed by atoms with Crippen molar-refractivity contribution >= 4 is 33.3 Å². The fourth-order valence-electron chi connectivity index (χ4n) is 1.37. The molecule has 0 saturated carbocycles. The minimum atomic E-state index is -3.71. The third kappa shape index (κ3) is 6.04. The zero-order valence-corrected chi connectivity index (χ0v) is 12.9. The van der Waals surface area contributed by atoms with Gasteiger partial charge in [-0.05, 0) is 18.2 Å². The highest BCUT2D eigenvalue weighted by Crippen LogP contribution is 2.24. The number of carbonyl (C=O) groups excluding carboxylic acids is 1. The number of sulfonamides is 1. The number of esters is 1. The summed E-state index contributed by atoms with van der Waals surface area (Å²) in [5.41, 5.74) is 6.05.